The van der Waals surface area contributed by atoms with Crippen LogP contribution >= 0.6 is 0 Å². The molecule has 3 aromatic rings. The molecular formula is C23H21N3O4. The first kappa shape index (κ1) is 20.7. The van der Waals surface area contributed by atoms with Crippen molar-refractivity contribution in [1.29, 1.82) is 0 Å². The molecule has 0 aliphatic heterocycles. The third-order valence-corrected chi connectivity index (χ3v) is 4.30. The third kappa shape index (κ3) is 6.27. The number of aryl methyl sites for hydroxylation is 1. The number of nitro groups is 1. The maximum Gasteiger partial charge on any atom is 0.269 e. The van der Waals surface area contributed by atoms with Gasteiger partial charge < -0.3 is 4.74 Å². The van der Waals surface area contributed by atoms with E-state index in [-0.39, 0.29) is 24.6 Å². The van der Waals surface area contributed by atoms with E-state index < -0.39 is 4.92 Å². The fourth-order valence-electron chi connectivity index (χ4n) is 2.67. The van der Waals surface area contributed by atoms with Gasteiger partial charge in [-0.25, -0.2) is 5.43 Å². The molecule has 0 fully saturated rings. The Morgan fingerprint density at radius 3 is 2.47 bits per heavy atom. The van der Waals surface area contributed by atoms with Crippen molar-refractivity contribution in [3.05, 3.63) is 105 Å². The van der Waals surface area contributed by atoms with E-state index in [0.717, 1.165) is 22.3 Å². The average molecular weight is 403 g/mol. The lowest BCUT2D eigenvalue weighted by Gasteiger charge is -2.07. The molecule has 7 heteroatoms. The van der Waals surface area contributed by atoms with Gasteiger partial charge in [0.05, 0.1) is 17.6 Å². The molecular weight excluding hydrogens is 382 g/mol. The number of hydrogen-bond acceptors (Lipinski definition) is 5. The molecule has 0 aliphatic rings. The quantitative estimate of drug-likeness (QED) is 0.347. The van der Waals surface area contributed by atoms with Gasteiger partial charge in [-0.3, -0.25) is 14.9 Å². The molecule has 0 spiro atoms. The summed E-state index contributed by atoms with van der Waals surface area (Å²) in [5.74, 6) is 0.434. The van der Waals surface area contributed by atoms with Crippen LogP contribution in [0.2, 0.25) is 0 Å². The molecule has 1 N–H and O–H groups in total. The largest absolute Gasteiger partial charge is 0.489 e. The van der Waals surface area contributed by atoms with Crippen LogP contribution in [0.15, 0.2) is 77.9 Å². The number of nitro benzene ring substituents is 1. The second-order valence-corrected chi connectivity index (χ2v) is 6.74. The summed E-state index contributed by atoms with van der Waals surface area (Å²) in [4.78, 5) is 22.2. The summed E-state index contributed by atoms with van der Waals surface area (Å²) in [6.07, 6.45) is 1.81. The number of hydrazone groups is 1. The van der Waals surface area contributed by atoms with Crippen LogP contribution in [0, 0.1) is 17.0 Å². The molecule has 0 aliphatic carbocycles. The summed E-state index contributed by atoms with van der Waals surface area (Å²) in [5, 5.41) is 14.7. The van der Waals surface area contributed by atoms with Gasteiger partial charge in [0.15, 0.2) is 0 Å². The lowest BCUT2D eigenvalue weighted by molar-refractivity contribution is -0.384. The maximum absolute atomic E-state index is 12.0. The first-order valence-corrected chi connectivity index (χ1v) is 9.33. The molecule has 3 rings (SSSR count). The zero-order chi connectivity index (χ0) is 21.3. The second kappa shape index (κ2) is 9.97. The summed E-state index contributed by atoms with van der Waals surface area (Å²) in [7, 11) is 0. The molecule has 7 nitrogen and oxygen atoms in total. The minimum absolute atomic E-state index is 0.0429. The highest BCUT2D eigenvalue weighted by molar-refractivity contribution is 5.83. The van der Waals surface area contributed by atoms with Crippen LogP contribution in [0.1, 0.15) is 22.3 Å². The minimum atomic E-state index is -0.437. The third-order valence-electron chi connectivity index (χ3n) is 4.30. The van der Waals surface area contributed by atoms with Crippen molar-refractivity contribution in [2.24, 2.45) is 5.10 Å². The summed E-state index contributed by atoms with van der Waals surface area (Å²) in [6, 6.07) is 21.2. The Morgan fingerprint density at radius 1 is 1.07 bits per heavy atom. The normalized spacial score (nSPS) is 10.7. The van der Waals surface area contributed by atoms with Gasteiger partial charge in [-0.2, -0.15) is 5.10 Å². The summed E-state index contributed by atoms with van der Waals surface area (Å²) in [6.45, 7) is 2.28. The Hall–Kier alpha value is -4.00. The highest BCUT2D eigenvalue weighted by atomic mass is 16.6. The number of amides is 1. The molecule has 0 aromatic heterocycles. The van der Waals surface area contributed by atoms with Crippen molar-refractivity contribution in [2.75, 3.05) is 0 Å². The van der Waals surface area contributed by atoms with Crippen molar-refractivity contribution in [3.8, 4) is 5.75 Å². The SMILES string of the molecule is Cc1ccc(CC(=O)N/N=C/c2cccc(OCc3ccc([N+](=O)[O-])cc3)c2)cc1. The molecule has 0 radical (unpaired) electrons. The Morgan fingerprint density at radius 2 is 1.77 bits per heavy atom. The van der Waals surface area contributed by atoms with Gasteiger partial charge >= 0.3 is 0 Å². The van der Waals surface area contributed by atoms with Gasteiger partial charge in [-0.1, -0.05) is 42.0 Å². The van der Waals surface area contributed by atoms with E-state index in [1.807, 2.05) is 43.3 Å². The van der Waals surface area contributed by atoms with Crippen molar-refractivity contribution >= 4 is 17.8 Å². The van der Waals surface area contributed by atoms with E-state index in [1.165, 1.54) is 12.1 Å². The van der Waals surface area contributed by atoms with Gasteiger partial charge in [-0.15, -0.1) is 0 Å². The van der Waals surface area contributed by atoms with Crippen LogP contribution in [0.3, 0.4) is 0 Å². The molecule has 0 unspecified atom stereocenters. The highest BCUT2D eigenvalue weighted by Gasteiger charge is 2.05. The molecule has 0 saturated heterocycles. The topological polar surface area (TPSA) is 93.8 Å². The van der Waals surface area contributed by atoms with Crippen molar-refractivity contribution in [2.45, 2.75) is 20.0 Å². The molecule has 3 aromatic carbocycles. The monoisotopic (exact) mass is 403 g/mol. The van der Waals surface area contributed by atoms with Crippen LogP contribution < -0.4 is 10.2 Å². The van der Waals surface area contributed by atoms with Crippen LogP contribution in [-0.4, -0.2) is 17.0 Å². The van der Waals surface area contributed by atoms with E-state index in [9.17, 15) is 14.9 Å². The Bertz CT molecular complexity index is 1040. The molecule has 30 heavy (non-hydrogen) atoms. The smallest absolute Gasteiger partial charge is 0.269 e. The van der Waals surface area contributed by atoms with Crippen molar-refractivity contribution in [3.63, 3.8) is 0 Å². The van der Waals surface area contributed by atoms with Crippen molar-refractivity contribution < 1.29 is 14.5 Å². The van der Waals surface area contributed by atoms with Gasteiger partial charge in [0, 0.05) is 12.1 Å². The number of ether oxygens (including phenoxy) is 1. The van der Waals surface area contributed by atoms with Gasteiger partial charge in [0.1, 0.15) is 12.4 Å². The predicted octanol–water partition coefficient (Wildman–Crippen LogP) is 4.18. The number of nitrogens with zero attached hydrogens (tertiary/aromatic N) is 2. The van der Waals surface area contributed by atoms with Crippen molar-refractivity contribution in [1.82, 2.24) is 5.43 Å². The number of carbonyl (C=O) groups excluding carboxylic acids is 1. The molecule has 0 saturated carbocycles. The van der Waals surface area contributed by atoms with Crippen LogP contribution in [0.25, 0.3) is 0 Å². The first-order valence-electron chi connectivity index (χ1n) is 9.33. The van der Waals surface area contributed by atoms with E-state index in [4.69, 9.17) is 4.74 Å². The lowest BCUT2D eigenvalue weighted by Crippen LogP contribution is -2.19. The van der Waals surface area contributed by atoms with E-state index in [0.29, 0.717) is 5.75 Å². The van der Waals surface area contributed by atoms with Crippen LogP contribution in [0.4, 0.5) is 5.69 Å². The highest BCUT2D eigenvalue weighted by Crippen LogP contribution is 2.16. The minimum Gasteiger partial charge on any atom is -0.489 e. The Labute approximate surface area is 174 Å². The Kier molecular flexibility index (Phi) is 6.89. The maximum atomic E-state index is 12.0. The predicted molar refractivity (Wildman–Crippen MR) is 114 cm³/mol. The zero-order valence-corrected chi connectivity index (χ0v) is 16.4. The zero-order valence-electron chi connectivity index (χ0n) is 16.4. The summed E-state index contributed by atoms with van der Waals surface area (Å²) < 4.78 is 5.73. The first-order chi connectivity index (χ1) is 14.5. The lowest BCUT2D eigenvalue weighted by atomic mass is 10.1. The fourth-order valence-corrected chi connectivity index (χ4v) is 2.67. The molecule has 0 heterocycles. The summed E-state index contributed by atoms with van der Waals surface area (Å²) >= 11 is 0. The molecule has 1 amide bonds. The van der Waals surface area contributed by atoms with E-state index in [1.54, 1.807) is 30.5 Å². The second-order valence-electron chi connectivity index (χ2n) is 6.74. The number of benzene rings is 3. The fraction of sp³-hybridized carbons (Fsp3) is 0.130. The number of non-ortho nitro benzene ring substituents is 1. The average Bonchev–Trinajstić information content (AvgIpc) is 2.74. The number of rotatable bonds is 8. The summed E-state index contributed by atoms with van der Waals surface area (Å²) in [5.41, 5.74) is 6.23. The number of nitrogens with one attached hydrogen (secondary N) is 1. The van der Waals surface area contributed by atoms with Gasteiger partial charge in [0.2, 0.25) is 5.91 Å². The number of carbonyl (C=O) groups is 1. The van der Waals surface area contributed by atoms with E-state index >= 15 is 0 Å². The van der Waals surface area contributed by atoms with E-state index in [2.05, 4.69) is 10.5 Å². The van der Waals surface area contributed by atoms with Crippen LogP contribution in [-0.2, 0) is 17.8 Å². The number of hydrogen-bond donors (Lipinski definition) is 1. The van der Waals surface area contributed by atoms with Crippen LogP contribution in [0.5, 0.6) is 5.75 Å². The molecule has 0 bridgehead atoms. The van der Waals surface area contributed by atoms with Gasteiger partial charge in [0.25, 0.3) is 5.69 Å². The Balaban J connectivity index is 1.51. The standard InChI is InChI=1S/C23H21N3O4/c1-17-5-7-18(8-6-17)14-23(27)25-24-15-20-3-2-4-22(13-20)30-16-19-9-11-21(12-10-19)26(28)29/h2-13,15H,14,16H2,1H3,(H,25,27)/b24-15+. The molecule has 0 atom stereocenters. The van der Waals surface area contributed by atoms with Gasteiger partial charge in [-0.05, 0) is 47.9 Å². The molecule has 152 valence electrons.